The number of thioether (sulfide) groups is 1. The molecule has 29 heavy (non-hydrogen) atoms. The first kappa shape index (κ1) is 20.0. The molecule has 1 N–H and O–H groups in total. The highest BCUT2D eigenvalue weighted by atomic mass is 32.2. The van der Waals surface area contributed by atoms with E-state index in [9.17, 15) is 4.79 Å². The van der Waals surface area contributed by atoms with E-state index in [4.69, 9.17) is 4.74 Å². The summed E-state index contributed by atoms with van der Waals surface area (Å²) in [6.45, 7) is 0.401. The summed E-state index contributed by atoms with van der Waals surface area (Å²) in [6, 6.07) is 15.8. The average Bonchev–Trinajstić information content (AvgIpc) is 3.46. The minimum atomic E-state index is -0.0741. The highest BCUT2D eigenvalue weighted by molar-refractivity contribution is 7.98. The zero-order valence-electron chi connectivity index (χ0n) is 16.2. The van der Waals surface area contributed by atoms with E-state index in [-0.39, 0.29) is 12.0 Å². The number of pyridine rings is 1. The van der Waals surface area contributed by atoms with Crippen LogP contribution in [0.5, 0.6) is 5.88 Å². The van der Waals surface area contributed by atoms with E-state index in [1.807, 2.05) is 36.4 Å². The molecule has 4 nitrogen and oxygen atoms in total. The molecule has 6 heteroatoms. The largest absolute Gasteiger partial charge is 0.474 e. The van der Waals surface area contributed by atoms with Gasteiger partial charge in [-0.2, -0.15) is 0 Å². The highest BCUT2D eigenvalue weighted by Gasteiger charge is 2.19. The Kier molecular flexibility index (Phi) is 6.85. The lowest BCUT2D eigenvalue weighted by molar-refractivity contribution is 0.0947. The molecule has 150 valence electrons. The number of nitrogens with one attached hydrogen (secondary N) is 1. The standard InChI is InChI=1S/C23H24N2O2S2/c26-22(20-11-3-4-12-21(20)29-16-19-10-6-14-28-19)25-15-17-7-5-13-24-23(17)27-18-8-1-2-9-18/h3-7,10-14,18H,1-2,8-9,15-16H2,(H,25,26). The van der Waals surface area contributed by atoms with E-state index < -0.39 is 0 Å². The molecule has 1 aliphatic rings. The van der Waals surface area contributed by atoms with Gasteiger partial charge >= 0.3 is 0 Å². The first-order valence-electron chi connectivity index (χ1n) is 9.92. The van der Waals surface area contributed by atoms with Crippen molar-refractivity contribution in [3.8, 4) is 5.88 Å². The van der Waals surface area contributed by atoms with E-state index in [0.717, 1.165) is 29.1 Å². The van der Waals surface area contributed by atoms with Gasteiger partial charge in [-0.3, -0.25) is 4.79 Å². The van der Waals surface area contributed by atoms with Crippen molar-refractivity contribution in [3.05, 3.63) is 76.1 Å². The van der Waals surface area contributed by atoms with Gasteiger partial charge in [-0.1, -0.05) is 24.3 Å². The second-order valence-electron chi connectivity index (χ2n) is 7.04. The maximum atomic E-state index is 12.9. The van der Waals surface area contributed by atoms with Crippen molar-refractivity contribution in [1.82, 2.24) is 10.3 Å². The normalized spacial score (nSPS) is 14.1. The van der Waals surface area contributed by atoms with Gasteiger partial charge in [-0.25, -0.2) is 4.98 Å². The van der Waals surface area contributed by atoms with Gasteiger partial charge in [0.05, 0.1) is 5.56 Å². The number of hydrogen-bond acceptors (Lipinski definition) is 5. The van der Waals surface area contributed by atoms with Crippen molar-refractivity contribution >= 4 is 29.0 Å². The molecule has 1 amide bonds. The number of carbonyl (C=O) groups is 1. The number of ether oxygens (including phenoxy) is 1. The molecule has 1 aliphatic carbocycles. The van der Waals surface area contributed by atoms with Crippen LogP contribution in [0.2, 0.25) is 0 Å². The van der Waals surface area contributed by atoms with Gasteiger partial charge in [0.25, 0.3) is 5.91 Å². The summed E-state index contributed by atoms with van der Waals surface area (Å²) in [5, 5.41) is 5.12. The smallest absolute Gasteiger partial charge is 0.252 e. The fraction of sp³-hybridized carbons (Fsp3) is 0.304. The van der Waals surface area contributed by atoms with Crippen molar-refractivity contribution in [3.63, 3.8) is 0 Å². The van der Waals surface area contributed by atoms with Crippen LogP contribution in [0.4, 0.5) is 0 Å². The van der Waals surface area contributed by atoms with E-state index in [0.29, 0.717) is 18.0 Å². The second-order valence-corrected chi connectivity index (χ2v) is 9.09. The summed E-state index contributed by atoms with van der Waals surface area (Å²) in [6.07, 6.45) is 6.57. The molecule has 2 aromatic heterocycles. The summed E-state index contributed by atoms with van der Waals surface area (Å²) in [4.78, 5) is 19.6. The lowest BCUT2D eigenvalue weighted by Crippen LogP contribution is -2.24. The van der Waals surface area contributed by atoms with Crippen LogP contribution in [-0.2, 0) is 12.3 Å². The maximum Gasteiger partial charge on any atom is 0.252 e. The van der Waals surface area contributed by atoms with Crippen molar-refractivity contribution in [1.29, 1.82) is 0 Å². The lowest BCUT2D eigenvalue weighted by atomic mass is 10.2. The topological polar surface area (TPSA) is 51.2 Å². The van der Waals surface area contributed by atoms with Gasteiger partial charge in [-0.15, -0.1) is 23.1 Å². The molecular weight excluding hydrogens is 400 g/mol. The molecule has 1 fully saturated rings. The van der Waals surface area contributed by atoms with E-state index in [1.165, 1.54) is 17.7 Å². The quantitative estimate of drug-likeness (QED) is 0.472. The minimum absolute atomic E-state index is 0.0741. The first-order valence-corrected chi connectivity index (χ1v) is 11.8. The van der Waals surface area contributed by atoms with Crippen LogP contribution in [0.1, 0.15) is 46.5 Å². The fourth-order valence-electron chi connectivity index (χ4n) is 3.42. The molecule has 1 saturated carbocycles. The van der Waals surface area contributed by atoms with Gasteiger partial charge in [0.15, 0.2) is 0 Å². The molecule has 1 aromatic carbocycles. The molecule has 0 unspecified atom stereocenters. The Labute approximate surface area is 179 Å². The SMILES string of the molecule is O=C(NCc1cccnc1OC1CCCC1)c1ccccc1SCc1cccs1. The Balaban J connectivity index is 1.40. The molecule has 0 atom stereocenters. The van der Waals surface area contributed by atoms with Crippen LogP contribution in [0.25, 0.3) is 0 Å². The van der Waals surface area contributed by atoms with Gasteiger partial charge in [-0.05, 0) is 55.3 Å². The number of aromatic nitrogens is 1. The van der Waals surface area contributed by atoms with Crippen molar-refractivity contribution in [2.45, 2.75) is 49.0 Å². The third-order valence-corrected chi connectivity index (χ3v) is 7.13. The fourth-order valence-corrected chi connectivity index (χ4v) is 5.25. The Hall–Kier alpha value is -2.31. The molecular formula is C23H24N2O2S2. The summed E-state index contributed by atoms with van der Waals surface area (Å²) in [7, 11) is 0. The van der Waals surface area contributed by atoms with Crippen molar-refractivity contribution in [2.24, 2.45) is 0 Å². The summed E-state index contributed by atoms with van der Waals surface area (Å²) < 4.78 is 6.08. The third kappa shape index (κ3) is 5.40. The summed E-state index contributed by atoms with van der Waals surface area (Å²) in [5.74, 6) is 1.43. The number of benzene rings is 1. The van der Waals surface area contributed by atoms with Gasteiger partial charge in [0.1, 0.15) is 6.10 Å². The van der Waals surface area contributed by atoms with Crippen LogP contribution >= 0.6 is 23.1 Å². The Morgan fingerprint density at radius 1 is 1.14 bits per heavy atom. The predicted octanol–water partition coefficient (Wildman–Crippen LogP) is 5.69. The van der Waals surface area contributed by atoms with E-state index in [2.05, 4.69) is 27.8 Å². The Morgan fingerprint density at radius 3 is 2.83 bits per heavy atom. The van der Waals surface area contributed by atoms with Crippen LogP contribution in [0.15, 0.2) is 65.0 Å². The molecule has 0 aliphatic heterocycles. The van der Waals surface area contributed by atoms with Crippen LogP contribution in [0.3, 0.4) is 0 Å². The molecule has 0 bridgehead atoms. The van der Waals surface area contributed by atoms with Gasteiger partial charge in [0.2, 0.25) is 5.88 Å². The maximum absolute atomic E-state index is 12.9. The van der Waals surface area contributed by atoms with Crippen molar-refractivity contribution in [2.75, 3.05) is 0 Å². The molecule has 4 rings (SSSR count). The van der Waals surface area contributed by atoms with Crippen LogP contribution < -0.4 is 10.1 Å². The minimum Gasteiger partial charge on any atom is -0.474 e. The summed E-state index contributed by atoms with van der Waals surface area (Å²) >= 11 is 3.43. The number of amides is 1. The average molecular weight is 425 g/mol. The van der Waals surface area contributed by atoms with E-state index >= 15 is 0 Å². The lowest BCUT2D eigenvalue weighted by Gasteiger charge is -2.16. The molecule has 2 heterocycles. The number of rotatable bonds is 8. The van der Waals surface area contributed by atoms with Gasteiger partial charge < -0.3 is 10.1 Å². The zero-order chi connectivity index (χ0) is 19.9. The molecule has 0 spiro atoms. The van der Waals surface area contributed by atoms with Crippen LogP contribution in [0, 0.1) is 0 Å². The van der Waals surface area contributed by atoms with E-state index in [1.54, 1.807) is 29.3 Å². The molecule has 0 saturated heterocycles. The summed E-state index contributed by atoms with van der Waals surface area (Å²) in [5.41, 5.74) is 1.62. The molecule has 0 radical (unpaired) electrons. The number of hydrogen-bond donors (Lipinski definition) is 1. The highest BCUT2D eigenvalue weighted by Crippen LogP contribution is 2.28. The monoisotopic (exact) mass is 424 g/mol. The zero-order valence-corrected chi connectivity index (χ0v) is 17.8. The first-order chi connectivity index (χ1) is 14.3. The molecule has 3 aromatic rings. The second kappa shape index (κ2) is 9.94. The van der Waals surface area contributed by atoms with Crippen LogP contribution in [-0.4, -0.2) is 17.0 Å². The Bertz CT molecular complexity index is 938. The number of thiophene rings is 1. The van der Waals surface area contributed by atoms with Gasteiger partial charge in [0, 0.05) is 33.8 Å². The third-order valence-electron chi connectivity index (χ3n) is 4.95. The van der Waals surface area contributed by atoms with Crippen molar-refractivity contribution < 1.29 is 9.53 Å². The number of nitrogens with zero attached hydrogens (tertiary/aromatic N) is 1. The Morgan fingerprint density at radius 2 is 2.00 bits per heavy atom. The predicted molar refractivity (Wildman–Crippen MR) is 119 cm³/mol. The number of carbonyl (C=O) groups excluding carboxylic acids is 1.